The van der Waals surface area contributed by atoms with Crippen LogP contribution in [0.15, 0.2) is 42.5 Å². The summed E-state index contributed by atoms with van der Waals surface area (Å²) in [6.45, 7) is 0. The van der Waals surface area contributed by atoms with Crippen molar-refractivity contribution in [3.05, 3.63) is 65.0 Å². The third-order valence-electron chi connectivity index (χ3n) is 3.65. The van der Waals surface area contributed by atoms with Crippen molar-refractivity contribution >= 4 is 23.4 Å². The SMILES string of the molecule is CN1C(=O)c2cccc(NC(=O)Cc3cccc(F)c3)c2C1=O. The highest BCUT2D eigenvalue weighted by Gasteiger charge is 2.35. The summed E-state index contributed by atoms with van der Waals surface area (Å²) in [4.78, 5) is 37.2. The molecule has 2 aromatic carbocycles. The van der Waals surface area contributed by atoms with Crippen LogP contribution in [0.4, 0.5) is 10.1 Å². The number of rotatable bonds is 3. The lowest BCUT2D eigenvalue weighted by molar-refractivity contribution is -0.115. The Morgan fingerprint density at radius 1 is 1.13 bits per heavy atom. The van der Waals surface area contributed by atoms with Crippen molar-refractivity contribution in [2.75, 3.05) is 12.4 Å². The molecule has 3 amide bonds. The number of fused-ring (bicyclic) bond motifs is 1. The van der Waals surface area contributed by atoms with Gasteiger partial charge in [0.25, 0.3) is 11.8 Å². The van der Waals surface area contributed by atoms with Gasteiger partial charge in [-0.15, -0.1) is 0 Å². The summed E-state index contributed by atoms with van der Waals surface area (Å²) in [5, 5.41) is 2.62. The number of benzene rings is 2. The molecule has 116 valence electrons. The maximum Gasteiger partial charge on any atom is 0.263 e. The van der Waals surface area contributed by atoms with Gasteiger partial charge in [0.2, 0.25) is 5.91 Å². The molecule has 0 aliphatic carbocycles. The Labute approximate surface area is 131 Å². The van der Waals surface area contributed by atoms with Crippen LogP contribution in [0.25, 0.3) is 0 Å². The molecule has 23 heavy (non-hydrogen) atoms. The molecular formula is C17H13FN2O3. The minimum absolute atomic E-state index is 0.0284. The van der Waals surface area contributed by atoms with Gasteiger partial charge in [0, 0.05) is 7.05 Å². The Hall–Kier alpha value is -3.02. The van der Waals surface area contributed by atoms with E-state index in [2.05, 4.69) is 5.32 Å². The molecule has 0 spiro atoms. The molecule has 0 atom stereocenters. The van der Waals surface area contributed by atoms with Gasteiger partial charge in [-0.25, -0.2) is 4.39 Å². The minimum Gasteiger partial charge on any atom is -0.325 e. The van der Waals surface area contributed by atoms with Crippen molar-refractivity contribution in [1.29, 1.82) is 0 Å². The Morgan fingerprint density at radius 2 is 1.87 bits per heavy atom. The molecule has 0 unspecified atom stereocenters. The third kappa shape index (κ3) is 2.70. The number of nitrogens with zero attached hydrogens (tertiary/aromatic N) is 1. The number of imide groups is 1. The normalized spacial score (nSPS) is 13.2. The summed E-state index contributed by atoms with van der Waals surface area (Å²) in [5.41, 5.74) is 1.26. The molecule has 0 fully saturated rings. The molecule has 2 aromatic rings. The van der Waals surface area contributed by atoms with Gasteiger partial charge in [-0.2, -0.15) is 0 Å². The largest absolute Gasteiger partial charge is 0.325 e. The molecule has 3 rings (SSSR count). The van der Waals surface area contributed by atoms with E-state index in [1.807, 2.05) is 0 Å². The number of hydrogen-bond acceptors (Lipinski definition) is 3. The summed E-state index contributed by atoms with van der Waals surface area (Å²) in [6.07, 6.45) is -0.0284. The van der Waals surface area contributed by atoms with E-state index in [1.54, 1.807) is 24.3 Å². The van der Waals surface area contributed by atoms with Gasteiger partial charge >= 0.3 is 0 Å². The van der Waals surface area contributed by atoms with E-state index in [9.17, 15) is 18.8 Å². The van der Waals surface area contributed by atoms with E-state index in [4.69, 9.17) is 0 Å². The van der Waals surface area contributed by atoms with Crippen molar-refractivity contribution < 1.29 is 18.8 Å². The highest BCUT2D eigenvalue weighted by molar-refractivity contribution is 6.24. The fourth-order valence-corrected chi connectivity index (χ4v) is 2.53. The lowest BCUT2D eigenvalue weighted by Crippen LogP contribution is -2.24. The zero-order valence-electron chi connectivity index (χ0n) is 12.3. The van der Waals surface area contributed by atoms with Gasteiger partial charge in [0.05, 0.1) is 23.2 Å². The van der Waals surface area contributed by atoms with Gasteiger partial charge in [-0.05, 0) is 29.8 Å². The van der Waals surface area contributed by atoms with Crippen LogP contribution >= 0.6 is 0 Å². The molecule has 1 aliphatic heterocycles. The first-order valence-electron chi connectivity index (χ1n) is 6.97. The standard InChI is InChI=1S/C17H13FN2O3/c1-20-16(22)12-6-3-7-13(15(12)17(20)23)19-14(21)9-10-4-2-5-11(18)8-10/h2-8H,9H2,1H3,(H,19,21). The van der Waals surface area contributed by atoms with Crippen molar-refractivity contribution in [3.8, 4) is 0 Å². The summed E-state index contributed by atoms with van der Waals surface area (Å²) in [6, 6.07) is 10.4. The fraction of sp³-hybridized carbons (Fsp3) is 0.118. The number of anilines is 1. The first-order chi connectivity index (χ1) is 11.0. The van der Waals surface area contributed by atoms with Crippen LogP contribution in [0, 0.1) is 5.82 Å². The molecule has 0 saturated carbocycles. The number of carbonyl (C=O) groups is 3. The molecule has 6 heteroatoms. The molecule has 5 nitrogen and oxygen atoms in total. The van der Waals surface area contributed by atoms with Crippen LogP contribution in [-0.4, -0.2) is 29.7 Å². The molecule has 1 aliphatic rings. The maximum absolute atomic E-state index is 13.1. The second-order valence-electron chi connectivity index (χ2n) is 5.25. The van der Waals surface area contributed by atoms with E-state index in [1.165, 1.54) is 25.2 Å². The second-order valence-corrected chi connectivity index (χ2v) is 5.25. The first-order valence-corrected chi connectivity index (χ1v) is 6.97. The number of hydrogen-bond donors (Lipinski definition) is 1. The zero-order valence-corrected chi connectivity index (χ0v) is 12.3. The second kappa shape index (κ2) is 5.64. The van der Waals surface area contributed by atoms with E-state index >= 15 is 0 Å². The molecule has 0 aromatic heterocycles. The summed E-state index contributed by atoms with van der Waals surface area (Å²) in [7, 11) is 1.39. The lowest BCUT2D eigenvalue weighted by Gasteiger charge is -2.09. The maximum atomic E-state index is 13.1. The topological polar surface area (TPSA) is 66.5 Å². The van der Waals surface area contributed by atoms with Gasteiger partial charge in [-0.1, -0.05) is 18.2 Å². The molecule has 0 bridgehead atoms. The summed E-state index contributed by atoms with van der Waals surface area (Å²) >= 11 is 0. The molecule has 1 N–H and O–H groups in total. The zero-order chi connectivity index (χ0) is 16.6. The third-order valence-corrected chi connectivity index (χ3v) is 3.65. The molecule has 0 radical (unpaired) electrons. The van der Waals surface area contributed by atoms with Gasteiger partial charge in [-0.3, -0.25) is 19.3 Å². The average molecular weight is 312 g/mol. The van der Waals surface area contributed by atoms with Crippen LogP contribution in [0.5, 0.6) is 0 Å². The predicted octanol–water partition coefficient (Wildman–Crippen LogP) is 2.23. The highest BCUT2D eigenvalue weighted by atomic mass is 19.1. The van der Waals surface area contributed by atoms with Crippen molar-refractivity contribution in [1.82, 2.24) is 4.90 Å². The first kappa shape index (κ1) is 14.9. The number of halogens is 1. The number of amides is 3. The summed E-state index contributed by atoms with van der Waals surface area (Å²) < 4.78 is 13.1. The van der Waals surface area contributed by atoms with Gasteiger partial charge in [0.15, 0.2) is 0 Å². The van der Waals surface area contributed by atoms with Crippen LogP contribution in [0.1, 0.15) is 26.3 Å². The van der Waals surface area contributed by atoms with Gasteiger partial charge in [0.1, 0.15) is 5.82 Å². The Balaban J connectivity index is 1.83. The van der Waals surface area contributed by atoms with Crippen LogP contribution < -0.4 is 5.32 Å². The van der Waals surface area contributed by atoms with Crippen molar-refractivity contribution in [2.45, 2.75) is 6.42 Å². The van der Waals surface area contributed by atoms with E-state index < -0.39 is 17.6 Å². The molecular weight excluding hydrogens is 299 g/mol. The molecule has 1 heterocycles. The Morgan fingerprint density at radius 3 is 2.61 bits per heavy atom. The van der Waals surface area contributed by atoms with Crippen molar-refractivity contribution in [2.24, 2.45) is 0 Å². The Kier molecular flexibility index (Phi) is 3.65. The quantitative estimate of drug-likeness (QED) is 0.884. The highest BCUT2D eigenvalue weighted by Crippen LogP contribution is 2.28. The average Bonchev–Trinajstić information content (AvgIpc) is 2.73. The molecule has 0 saturated heterocycles. The van der Waals surface area contributed by atoms with E-state index in [-0.39, 0.29) is 29.1 Å². The van der Waals surface area contributed by atoms with E-state index in [0.29, 0.717) is 5.56 Å². The number of carbonyl (C=O) groups excluding carboxylic acids is 3. The number of nitrogens with one attached hydrogen (secondary N) is 1. The smallest absolute Gasteiger partial charge is 0.263 e. The fourth-order valence-electron chi connectivity index (χ4n) is 2.53. The minimum atomic E-state index is -0.452. The predicted molar refractivity (Wildman–Crippen MR) is 81.6 cm³/mol. The van der Waals surface area contributed by atoms with Crippen LogP contribution in [-0.2, 0) is 11.2 Å². The summed E-state index contributed by atoms with van der Waals surface area (Å²) in [5.74, 6) is -1.66. The van der Waals surface area contributed by atoms with Crippen LogP contribution in [0.2, 0.25) is 0 Å². The van der Waals surface area contributed by atoms with Crippen LogP contribution in [0.3, 0.4) is 0 Å². The monoisotopic (exact) mass is 312 g/mol. The Bertz CT molecular complexity index is 832. The van der Waals surface area contributed by atoms with E-state index in [0.717, 1.165) is 4.90 Å². The lowest BCUT2D eigenvalue weighted by atomic mass is 10.1. The van der Waals surface area contributed by atoms with Gasteiger partial charge < -0.3 is 5.32 Å². The van der Waals surface area contributed by atoms with Crippen molar-refractivity contribution in [3.63, 3.8) is 0 Å².